The van der Waals surface area contributed by atoms with Gasteiger partial charge >= 0.3 is 5.97 Å². The first-order valence-corrected chi connectivity index (χ1v) is 9.47. The van der Waals surface area contributed by atoms with Gasteiger partial charge in [0.1, 0.15) is 18.0 Å². The molecular weight excluding hydrogens is 388 g/mol. The van der Waals surface area contributed by atoms with E-state index in [1.807, 2.05) is 31.2 Å². The number of benzene rings is 2. The number of esters is 1. The number of amides is 2. The van der Waals surface area contributed by atoms with E-state index in [0.29, 0.717) is 24.5 Å². The molecule has 0 fully saturated rings. The number of nitrogens with zero attached hydrogens (tertiary/aromatic N) is 1. The Bertz CT molecular complexity index is 866. The molecule has 0 spiro atoms. The number of nitrogens with one attached hydrogen (secondary N) is 1. The van der Waals surface area contributed by atoms with Crippen molar-refractivity contribution in [1.82, 2.24) is 10.2 Å². The minimum atomic E-state index is -0.707. The Labute approximate surface area is 175 Å². The van der Waals surface area contributed by atoms with E-state index < -0.39 is 18.5 Å². The summed E-state index contributed by atoms with van der Waals surface area (Å²) in [5.74, 6) is -0.369. The van der Waals surface area contributed by atoms with Crippen molar-refractivity contribution in [3.05, 3.63) is 59.7 Å². The molecule has 30 heavy (non-hydrogen) atoms. The van der Waals surface area contributed by atoms with Crippen LogP contribution in [0.5, 0.6) is 11.5 Å². The van der Waals surface area contributed by atoms with Gasteiger partial charge in [0.2, 0.25) is 0 Å². The molecule has 0 aliphatic rings. The van der Waals surface area contributed by atoms with Crippen LogP contribution in [0.2, 0.25) is 0 Å². The zero-order valence-corrected chi connectivity index (χ0v) is 17.3. The molecule has 2 aromatic carbocycles. The summed E-state index contributed by atoms with van der Waals surface area (Å²) in [6.45, 7) is 2.10. The van der Waals surface area contributed by atoms with Crippen molar-refractivity contribution in [3.63, 3.8) is 0 Å². The molecule has 0 aromatic heterocycles. The molecule has 8 heteroatoms. The number of likely N-dealkylation sites (N-methyl/N-ethyl adjacent to an activating group) is 1. The van der Waals surface area contributed by atoms with Crippen molar-refractivity contribution in [1.29, 1.82) is 0 Å². The third kappa shape index (κ3) is 6.80. The second kappa shape index (κ2) is 11.5. The van der Waals surface area contributed by atoms with Gasteiger partial charge in [-0.15, -0.1) is 0 Å². The lowest BCUT2D eigenvalue weighted by Crippen LogP contribution is -2.34. The molecule has 0 saturated carbocycles. The van der Waals surface area contributed by atoms with Gasteiger partial charge in [0.25, 0.3) is 11.8 Å². The Balaban J connectivity index is 1.75. The van der Waals surface area contributed by atoms with Crippen molar-refractivity contribution in [2.24, 2.45) is 0 Å². The highest BCUT2D eigenvalue weighted by atomic mass is 16.5. The van der Waals surface area contributed by atoms with Gasteiger partial charge in [0.15, 0.2) is 6.61 Å². The Hall–Kier alpha value is -3.55. The number of rotatable bonds is 10. The van der Waals surface area contributed by atoms with Crippen LogP contribution in [0.25, 0.3) is 0 Å². The average Bonchev–Trinajstić information content (AvgIpc) is 2.77. The van der Waals surface area contributed by atoms with Crippen LogP contribution in [-0.2, 0) is 20.9 Å². The summed E-state index contributed by atoms with van der Waals surface area (Å²) in [7, 11) is 3.08. The highest BCUT2D eigenvalue weighted by molar-refractivity contribution is 5.98. The van der Waals surface area contributed by atoms with Crippen LogP contribution in [0.1, 0.15) is 22.8 Å². The van der Waals surface area contributed by atoms with Gasteiger partial charge in [-0.3, -0.25) is 14.4 Å². The molecule has 0 saturated heterocycles. The van der Waals surface area contributed by atoms with Gasteiger partial charge < -0.3 is 24.4 Å². The second-order valence-electron chi connectivity index (χ2n) is 6.37. The van der Waals surface area contributed by atoms with Gasteiger partial charge in [-0.1, -0.05) is 24.3 Å². The summed E-state index contributed by atoms with van der Waals surface area (Å²) >= 11 is 0. The molecule has 8 nitrogen and oxygen atoms in total. The summed E-state index contributed by atoms with van der Waals surface area (Å²) in [4.78, 5) is 37.7. The Kier molecular flexibility index (Phi) is 8.68. The molecule has 0 heterocycles. The van der Waals surface area contributed by atoms with Crippen LogP contribution in [-0.4, -0.2) is 56.6 Å². The summed E-state index contributed by atoms with van der Waals surface area (Å²) in [6, 6.07) is 14.1. The van der Waals surface area contributed by atoms with Gasteiger partial charge in [0, 0.05) is 13.6 Å². The van der Waals surface area contributed by atoms with Crippen molar-refractivity contribution in [2.45, 2.75) is 13.5 Å². The lowest BCUT2D eigenvalue weighted by Gasteiger charge is -2.17. The summed E-state index contributed by atoms with van der Waals surface area (Å²) < 4.78 is 15.5. The number of hydrogen-bond donors (Lipinski definition) is 1. The maximum absolute atomic E-state index is 12.2. The molecule has 0 aliphatic heterocycles. The second-order valence-corrected chi connectivity index (χ2v) is 6.37. The SMILES string of the molecule is CCOc1ccc(CN(C)C(=O)COC(=O)CNC(=O)c2ccccc2OC)cc1. The van der Waals surface area contributed by atoms with Crippen molar-refractivity contribution in [3.8, 4) is 11.5 Å². The van der Waals surface area contributed by atoms with Crippen LogP contribution in [0, 0.1) is 0 Å². The highest BCUT2D eigenvalue weighted by Crippen LogP contribution is 2.16. The first kappa shape index (κ1) is 22.7. The minimum absolute atomic E-state index is 0.305. The molecule has 1 N–H and O–H groups in total. The van der Waals surface area contributed by atoms with Crippen molar-refractivity contribution in [2.75, 3.05) is 33.9 Å². The zero-order valence-electron chi connectivity index (χ0n) is 17.3. The molecule has 0 atom stereocenters. The molecule has 0 bridgehead atoms. The smallest absolute Gasteiger partial charge is 0.325 e. The quantitative estimate of drug-likeness (QED) is 0.598. The Morgan fingerprint density at radius 2 is 1.73 bits per heavy atom. The molecule has 0 aliphatic carbocycles. The average molecular weight is 414 g/mol. The molecule has 2 rings (SSSR count). The topological polar surface area (TPSA) is 94.2 Å². The van der Waals surface area contributed by atoms with Crippen molar-refractivity contribution < 1.29 is 28.6 Å². The van der Waals surface area contributed by atoms with E-state index in [9.17, 15) is 14.4 Å². The highest BCUT2D eigenvalue weighted by Gasteiger charge is 2.15. The van der Waals surface area contributed by atoms with E-state index in [1.165, 1.54) is 12.0 Å². The molecular formula is C22H26N2O6. The van der Waals surface area contributed by atoms with Gasteiger partial charge in [-0.2, -0.15) is 0 Å². The van der Waals surface area contributed by atoms with Crippen LogP contribution in [0.4, 0.5) is 0 Å². The Morgan fingerprint density at radius 1 is 1.03 bits per heavy atom. The standard InChI is InChI=1S/C22H26N2O6/c1-4-29-17-11-9-16(10-12-17)14-24(2)20(25)15-30-21(26)13-23-22(27)18-7-5-6-8-19(18)28-3/h5-12H,4,13-15H2,1-3H3,(H,23,27). The molecule has 0 unspecified atom stereocenters. The summed E-state index contributed by atoms with van der Waals surface area (Å²) in [5, 5.41) is 2.45. The Morgan fingerprint density at radius 3 is 2.40 bits per heavy atom. The third-order valence-corrected chi connectivity index (χ3v) is 4.18. The van der Waals surface area contributed by atoms with Crippen LogP contribution >= 0.6 is 0 Å². The largest absolute Gasteiger partial charge is 0.496 e. The predicted octanol–water partition coefficient (Wildman–Crippen LogP) is 2.03. The molecule has 160 valence electrons. The van der Waals surface area contributed by atoms with Crippen LogP contribution < -0.4 is 14.8 Å². The summed E-state index contributed by atoms with van der Waals surface area (Å²) in [5.41, 5.74) is 1.23. The minimum Gasteiger partial charge on any atom is -0.496 e. The fraction of sp³-hybridized carbons (Fsp3) is 0.318. The maximum Gasteiger partial charge on any atom is 0.325 e. The van der Waals surface area contributed by atoms with Crippen LogP contribution in [0.3, 0.4) is 0 Å². The first-order chi connectivity index (χ1) is 14.4. The third-order valence-electron chi connectivity index (χ3n) is 4.18. The van der Waals surface area contributed by atoms with Crippen LogP contribution in [0.15, 0.2) is 48.5 Å². The number of ether oxygens (including phenoxy) is 3. The molecule has 2 amide bonds. The number of carbonyl (C=O) groups excluding carboxylic acids is 3. The lowest BCUT2D eigenvalue weighted by atomic mass is 10.2. The number of methoxy groups -OCH3 is 1. The summed E-state index contributed by atoms with van der Waals surface area (Å²) in [6.07, 6.45) is 0. The molecule has 2 aromatic rings. The van der Waals surface area contributed by atoms with E-state index in [2.05, 4.69) is 5.32 Å². The monoisotopic (exact) mass is 414 g/mol. The van der Waals surface area contributed by atoms with E-state index >= 15 is 0 Å². The van der Waals surface area contributed by atoms with E-state index in [0.717, 1.165) is 11.3 Å². The van der Waals surface area contributed by atoms with Crippen molar-refractivity contribution >= 4 is 17.8 Å². The number of carbonyl (C=O) groups is 3. The predicted molar refractivity (Wildman–Crippen MR) is 110 cm³/mol. The first-order valence-electron chi connectivity index (χ1n) is 9.47. The normalized spacial score (nSPS) is 10.1. The van der Waals surface area contributed by atoms with E-state index in [4.69, 9.17) is 14.2 Å². The van der Waals surface area contributed by atoms with Gasteiger partial charge in [-0.25, -0.2) is 0 Å². The van der Waals surface area contributed by atoms with Gasteiger partial charge in [-0.05, 0) is 36.8 Å². The number of hydrogen-bond acceptors (Lipinski definition) is 6. The molecule has 0 radical (unpaired) electrons. The fourth-order valence-electron chi connectivity index (χ4n) is 2.60. The van der Waals surface area contributed by atoms with Gasteiger partial charge in [0.05, 0.1) is 19.3 Å². The van der Waals surface area contributed by atoms with E-state index in [-0.39, 0.29) is 12.5 Å². The fourth-order valence-corrected chi connectivity index (χ4v) is 2.60. The zero-order chi connectivity index (χ0) is 21.9. The lowest BCUT2D eigenvalue weighted by molar-refractivity contribution is -0.150. The number of para-hydroxylation sites is 1. The van der Waals surface area contributed by atoms with E-state index in [1.54, 1.807) is 31.3 Å². The maximum atomic E-state index is 12.2.